The fourth-order valence-corrected chi connectivity index (χ4v) is 3.33. The lowest BCUT2D eigenvalue weighted by molar-refractivity contribution is -0.274. The van der Waals surface area contributed by atoms with Gasteiger partial charge in [-0.05, 0) is 41.1 Å². The molecule has 1 aliphatic heterocycles. The molecule has 0 aliphatic carbocycles. The minimum absolute atomic E-state index is 0.0462. The van der Waals surface area contributed by atoms with Crippen molar-refractivity contribution in [1.29, 1.82) is 0 Å². The fraction of sp³-hybridized carbons (Fsp3) is 0.286. The van der Waals surface area contributed by atoms with E-state index in [2.05, 4.69) is 16.1 Å². The van der Waals surface area contributed by atoms with Crippen LogP contribution in [0.15, 0.2) is 35.7 Å². The van der Waals surface area contributed by atoms with Gasteiger partial charge in [0, 0.05) is 11.4 Å². The maximum Gasteiger partial charge on any atom is 0.573 e. The van der Waals surface area contributed by atoms with Crippen LogP contribution in [-0.4, -0.2) is 12.9 Å². The van der Waals surface area contributed by atoms with E-state index in [4.69, 9.17) is 0 Å². The molecule has 1 aromatic carbocycles. The number of alkyl halides is 3. The molecule has 1 aliphatic rings. The van der Waals surface area contributed by atoms with Crippen LogP contribution in [0.5, 0.6) is 5.75 Å². The SMILES string of the molecule is FC(F)(F)Oc1ccc([C@H]2NCCc3sccc32)cc1. The van der Waals surface area contributed by atoms with Gasteiger partial charge in [-0.3, -0.25) is 0 Å². The van der Waals surface area contributed by atoms with Crippen LogP contribution in [-0.2, 0) is 6.42 Å². The van der Waals surface area contributed by atoms with Crippen molar-refractivity contribution in [2.24, 2.45) is 0 Å². The Morgan fingerprint density at radius 3 is 2.60 bits per heavy atom. The molecular formula is C14H12F3NOS. The normalized spacial score (nSPS) is 18.6. The van der Waals surface area contributed by atoms with E-state index < -0.39 is 6.36 Å². The second-order valence-corrected chi connectivity index (χ2v) is 5.55. The van der Waals surface area contributed by atoms with Crippen molar-refractivity contribution >= 4 is 11.3 Å². The quantitative estimate of drug-likeness (QED) is 0.908. The summed E-state index contributed by atoms with van der Waals surface area (Å²) in [6.07, 6.45) is -3.65. The van der Waals surface area contributed by atoms with E-state index in [0.29, 0.717) is 0 Å². The van der Waals surface area contributed by atoms with Gasteiger partial charge in [0.15, 0.2) is 0 Å². The molecule has 0 saturated carbocycles. The summed E-state index contributed by atoms with van der Waals surface area (Å²) in [6.45, 7) is 0.874. The number of hydrogen-bond acceptors (Lipinski definition) is 3. The molecule has 1 aromatic heterocycles. The Balaban J connectivity index is 1.83. The lowest BCUT2D eigenvalue weighted by Gasteiger charge is -2.24. The highest BCUT2D eigenvalue weighted by Gasteiger charge is 2.31. The molecule has 106 valence electrons. The summed E-state index contributed by atoms with van der Waals surface area (Å²) in [6, 6.07) is 8.16. The maximum atomic E-state index is 12.1. The molecule has 0 spiro atoms. The largest absolute Gasteiger partial charge is 0.573 e. The van der Waals surface area contributed by atoms with Gasteiger partial charge in [0.25, 0.3) is 0 Å². The van der Waals surface area contributed by atoms with Crippen molar-refractivity contribution in [3.63, 3.8) is 0 Å². The van der Waals surface area contributed by atoms with Gasteiger partial charge in [-0.2, -0.15) is 0 Å². The van der Waals surface area contributed by atoms with E-state index in [1.807, 2.05) is 5.38 Å². The molecule has 6 heteroatoms. The lowest BCUT2D eigenvalue weighted by atomic mass is 9.95. The number of fused-ring (bicyclic) bond motifs is 1. The minimum Gasteiger partial charge on any atom is -0.406 e. The van der Waals surface area contributed by atoms with Crippen LogP contribution in [0.2, 0.25) is 0 Å². The second-order valence-electron chi connectivity index (χ2n) is 4.55. The Kier molecular flexibility index (Phi) is 3.43. The summed E-state index contributed by atoms with van der Waals surface area (Å²) in [5, 5.41) is 5.44. The van der Waals surface area contributed by atoms with Crippen LogP contribution in [0.25, 0.3) is 0 Å². The second kappa shape index (κ2) is 5.10. The van der Waals surface area contributed by atoms with Crippen molar-refractivity contribution in [3.05, 3.63) is 51.7 Å². The highest BCUT2D eigenvalue weighted by molar-refractivity contribution is 7.10. The Hall–Kier alpha value is -1.53. The van der Waals surface area contributed by atoms with Gasteiger partial charge in [-0.1, -0.05) is 12.1 Å². The molecule has 2 heterocycles. The average molecular weight is 299 g/mol. The molecule has 0 unspecified atom stereocenters. The van der Waals surface area contributed by atoms with Crippen molar-refractivity contribution in [3.8, 4) is 5.75 Å². The molecular weight excluding hydrogens is 287 g/mol. The predicted octanol–water partition coefficient (Wildman–Crippen LogP) is 3.88. The minimum atomic E-state index is -4.65. The van der Waals surface area contributed by atoms with E-state index >= 15 is 0 Å². The number of halogens is 3. The summed E-state index contributed by atoms with van der Waals surface area (Å²) < 4.78 is 40.2. The Bertz CT molecular complexity index is 591. The van der Waals surface area contributed by atoms with Crippen molar-refractivity contribution < 1.29 is 17.9 Å². The first kappa shape index (κ1) is 13.5. The Morgan fingerprint density at radius 2 is 1.90 bits per heavy atom. The van der Waals surface area contributed by atoms with Crippen molar-refractivity contribution in [1.82, 2.24) is 5.32 Å². The topological polar surface area (TPSA) is 21.3 Å². The summed E-state index contributed by atoms with van der Waals surface area (Å²) in [5.41, 5.74) is 2.16. The number of thiophene rings is 1. The van der Waals surface area contributed by atoms with E-state index in [1.54, 1.807) is 23.5 Å². The third kappa shape index (κ3) is 2.81. The third-order valence-electron chi connectivity index (χ3n) is 3.24. The zero-order valence-corrected chi connectivity index (χ0v) is 11.2. The average Bonchev–Trinajstić information content (AvgIpc) is 2.86. The first-order chi connectivity index (χ1) is 9.53. The van der Waals surface area contributed by atoms with E-state index in [-0.39, 0.29) is 11.8 Å². The van der Waals surface area contributed by atoms with Crippen molar-refractivity contribution in [2.75, 3.05) is 6.54 Å². The van der Waals surface area contributed by atoms with Gasteiger partial charge >= 0.3 is 6.36 Å². The summed E-state index contributed by atoms with van der Waals surface area (Å²) in [5.74, 6) is -0.192. The van der Waals surface area contributed by atoms with Crippen LogP contribution in [0.4, 0.5) is 13.2 Å². The van der Waals surface area contributed by atoms with Gasteiger partial charge in [-0.15, -0.1) is 24.5 Å². The molecule has 2 nitrogen and oxygen atoms in total. The van der Waals surface area contributed by atoms with Gasteiger partial charge in [-0.25, -0.2) is 0 Å². The Morgan fingerprint density at radius 1 is 1.15 bits per heavy atom. The highest BCUT2D eigenvalue weighted by Crippen LogP contribution is 2.33. The first-order valence-corrected chi connectivity index (χ1v) is 7.06. The molecule has 1 N–H and O–H groups in total. The predicted molar refractivity (Wildman–Crippen MR) is 71.0 cm³/mol. The van der Waals surface area contributed by atoms with Crippen LogP contribution < -0.4 is 10.1 Å². The van der Waals surface area contributed by atoms with Crippen LogP contribution in [0.3, 0.4) is 0 Å². The lowest BCUT2D eigenvalue weighted by Crippen LogP contribution is -2.29. The number of rotatable bonds is 2. The van der Waals surface area contributed by atoms with E-state index in [1.165, 1.54) is 22.6 Å². The monoisotopic (exact) mass is 299 g/mol. The highest BCUT2D eigenvalue weighted by atomic mass is 32.1. The molecule has 3 rings (SSSR count). The zero-order chi connectivity index (χ0) is 14.2. The smallest absolute Gasteiger partial charge is 0.406 e. The number of benzene rings is 1. The van der Waals surface area contributed by atoms with Gasteiger partial charge in [0.1, 0.15) is 5.75 Å². The standard InChI is InChI=1S/C14H12F3NOS/c15-14(16,17)19-10-3-1-9(2-4-10)13-11-6-8-20-12(11)5-7-18-13/h1-4,6,8,13,18H,5,7H2/t13-/m1/s1. The molecule has 1 atom stereocenters. The number of nitrogens with one attached hydrogen (secondary N) is 1. The van der Waals surface area contributed by atoms with Gasteiger partial charge < -0.3 is 10.1 Å². The summed E-state index contributed by atoms with van der Waals surface area (Å²) >= 11 is 1.72. The number of ether oxygens (including phenoxy) is 1. The summed E-state index contributed by atoms with van der Waals surface area (Å²) in [4.78, 5) is 1.34. The summed E-state index contributed by atoms with van der Waals surface area (Å²) in [7, 11) is 0. The first-order valence-electron chi connectivity index (χ1n) is 6.18. The molecule has 0 radical (unpaired) electrons. The van der Waals surface area contributed by atoms with Gasteiger partial charge in [0.05, 0.1) is 6.04 Å². The van der Waals surface area contributed by atoms with E-state index in [9.17, 15) is 13.2 Å². The maximum absolute atomic E-state index is 12.1. The Labute approximate surface area is 118 Å². The van der Waals surface area contributed by atoms with Crippen LogP contribution >= 0.6 is 11.3 Å². The molecule has 0 amide bonds. The molecule has 0 fully saturated rings. The zero-order valence-electron chi connectivity index (χ0n) is 10.4. The number of hydrogen-bond donors (Lipinski definition) is 1. The third-order valence-corrected chi connectivity index (χ3v) is 4.23. The molecule has 20 heavy (non-hydrogen) atoms. The molecule has 0 saturated heterocycles. The van der Waals surface area contributed by atoms with E-state index in [0.717, 1.165) is 18.5 Å². The van der Waals surface area contributed by atoms with Crippen LogP contribution in [0.1, 0.15) is 22.0 Å². The van der Waals surface area contributed by atoms with Crippen molar-refractivity contribution in [2.45, 2.75) is 18.8 Å². The fourth-order valence-electron chi connectivity index (χ4n) is 2.41. The van der Waals surface area contributed by atoms with Crippen LogP contribution in [0, 0.1) is 0 Å². The molecule has 0 bridgehead atoms. The molecule has 2 aromatic rings. The van der Waals surface area contributed by atoms with Gasteiger partial charge in [0.2, 0.25) is 0 Å².